The third-order valence-electron chi connectivity index (χ3n) is 4.66. The Hall–Kier alpha value is -2.40. The summed E-state index contributed by atoms with van der Waals surface area (Å²) in [6, 6.07) is 1.16. The van der Waals surface area contributed by atoms with Crippen LogP contribution in [0.3, 0.4) is 0 Å². The second-order valence-electron chi connectivity index (χ2n) is 7.72. The number of carbonyl (C=O) groups is 3. The fourth-order valence-electron chi connectivity index (χ4n) is 3.00. The summed E-state index contributed by atoms with van der Waals surface area (Å²) in [5.74, 6) is -1.89. The minimum atomic E-state index is -1.49. The van der Waals surface area contributed by atoms with E-state index in [9.17, 15) is 24.6 Å². The molecule has 3 amide bonds. The molecule has 174 valence electrons. The highest BCUT2D eigenvalue weighted by Crippen LogP contribution is 2.28. The Kier molecular flexibility index (Phi) is 10.7. The molecule has 0 fully saturated rings. The summed E-state index contributed by atoms with van der Waals surface area (Å²) in [5, 5.41) is 28.4. The molecule has 0 radical (unpaired) electrons. The molecule has 0 saturated carbocycles. The van der Waals surface area contributed by atoms with E-state index in [1.54, 1.807) is 7.05 Å². The number of nitrogens with one attached hydrogen (secondary N) is 3. The molecule has 0 spiro atoms. The second-order valence-corrected chi connectivity index (χ2v) is 8.13. The van der Waals surface area contributed by atoms with Gasteiger partial charge in [0.25, 0.3) is 0 Å². The fraction of sp³-hybridized carbons (Fsp3) is 0.550. The minimum Gasteiger partial charge on any atom is -0.506 e. The zero-order chi connectivity index (χ0) is 23.7. The van der Waals surface area contributed by atoms with Crippen molar-refractivity contribution in [3.63, 3.8) is 0 Å². The van der Waals surface area contributed by atoms with Gasteiger partial charge in [-0.05, 0) is 37.1 Å². The molecule has 0 aliphatic heterocycles. The van der Waals surface area contributed by atoms with Gasteiger partial charge in [-0.3, -0.25) is 14.4 Å². The van der Waals surface area contributed by atoms with Crippen LogP contribution in [0.25, 0.3) is 0 Å². The van der Waals surface area contributed by atoms with Crippen molar-refractivity contribution in [2.45, 2.75) is 50.9 Å². The van der Waals surface area contributed by atoms with Crippen LogP contribution in [0.5, 0.6) is 5.75 Å². The van der Waals surface area contributed by atoms with Crippen LogP contribution in [0.15, 0.2) is 18.2 Å². The van der Waals surface area contributed by atoms with Crippen LogP contribution in [0.4, 0.5) is 0 Å². The molecule has 9 N–H and O–H groups in total. The molecule has 0 bridgehead atoms. The van der Waals surface area contributed by atoms with Crippen LogP contribution in [0, 0.1) is 5.92 Å². The van der Waals surface area contributed by atoms with E-state index in [4.69, 9.17) is 23.1 Å². The summed E-state index contributed by atoms with van der Waals surface area (Å²) in [4.78, 5) is 36.9. The number of likely N-dealkylation sites (N-methyl/N-ethyl adjacent to an activating group) is 1. The van der Waals surface area contributed by atoms with Crippen molar-refractivity contribution in [2.75, 3.05) is 13.6 Å². The van der Waals surface area contributed by atoms with E-state index >= 15 is 0 Å². The van der Waals surface area contributed by atoms with E-state index in [0.717, 1.165) is 0 Å². The molecule has 0 saturated heterocycles. The minimum absolute atomic E-state index is 0.0245. The second kappa shape index (κ2) is 12.5. The number of primary amides is 1. The molecule has 4 atom stereocenters. The van der Waals surface area contributed by atoms with Gasteiger partial charge < -0.3 is 37.6 Å². The van der Waals surface area contributed by atoms with Crippen molar-refractivity contribution in [1.29, 1.82) is 0 Å². The number of hydrogen-bond acceptors (Lipinski definition) is 7. The van der Waals surface area contributed by atoms with Crippen LogP contribution in [0.2, 0.25) is 5.02 Å². The molecule has 0 aliphatic rings. The van der Waals surface area contributed by atoms with Crippen LogP contribution < -0.4 is 27.4 Å². The number of aliphatic hydroxyl groups excluding tert-OH is 1. The SMILES string of the molecule is CN[C@H](CC(C)C)C(=O)NC(C(=O)N[C@H](CN)CC(N)=O)[C@H](O)c1ccc(O)c(Cl)c1. The number of carbonyl (C=O) groups excluding carboxylic acids is 3. The van der Waals surface area contributed by atoms with Crippen LogP contribution in [-0.4, -0.2) is 59.7 Å². The molecular weight excluding hydrogens is 426 g/mol. The van der Waals surface area contributed by atoms with E-state index < -0.39 is 42.0 Å². The first-order chi connectivity index (χ1) is 14.5. The van der Waals surface area contributed by atoms with Gasteiger partial charge in [0.05, 0.1) is 11.1 Å². The average molecular weight is 458 g/mol. The third kappa shape index (κ3) is 8.33. The van der Waals surface area contributed by atoms with E-state index in [1.165, 1.54) is 18.2 Å². The predicted octanol–water partition coefficient (Wildman–Crippen LogP) is -0.483. The van der Waals surface area contributed by atoms with Gasteiger partial charge in [-0.15, -0.1) is 0 Å². The summed E-state index contributed by atoms with van der Waals surface area (Å²) >= 11 is 5.92. The number of halogens is 1. The highest BCUT2D eigenvalue weighted by molar-refractivity contribution is 6.32. The van der Waals surface area contributed by atoms with E-state index in [0.29, 0.717) is 6.42 Å². The number of phenols is 1. The first kappa shape index (κ1) is 26.6. The first-order valence-electron chi connectivity index (χ1n) is 9.92. The Labute approximate surface area is 186 Å². The van der Waals surface area contributed by atoms with Gasteiger partial charge in [-0.2, -0.15) is 0 Å². The van der Waals surface area contributed by atoms with Crippen molar-refractivity contribution >= 4 is 29.3 Å². The van der Waals surface area contributed by atoms with Crippen LogP contribution in [-0.2, 0) is 14.4 Å². The summed E-state index contributed by atoms with van der Waals surface area (Å²) in [6.07, 6.45) is -1.19. The smallest absolute Gasteiger partial charge is 0.245 e. The molecule has 10 nitrogen and oxygen atoms in total. The molecular formula is C20H32ClN5O5. The number of hydrogen-bond donors (Lipinski definition) is 7. The average Bonchev–Trinajstić information content (AvgIpc) is 2.70. The van der Waals surface area contributed by atoms with E-state index in [1.807, 2.05) is 13.8 Å². The topological polar surface area (TPSA) is 180 Å². The lowest BCUT2D eigenvalue weighted by atomic mass is 9.98. The number of amides is 3. The Morgan fingerprint density at radius 1 is 1.16 bits per heavy atom. The zero-order valence-electron chi connectivity index (χ0n) is 17.9. The number of aliphatic hydroxyl groups is 1. The summed E-state index contributed by atoms with van der Waals surface area (Å²) in [7, 11) is 1.62. The quantitative estimate of drug-likeness (QED) is 0.221. The van der Waals surface area contributed by atoms with Gasteiger partial charge >= 0.3 is 0 Å². The maximum Gasteiger partial charge on any atom is 0.245 e. The normalized spacial score (nSPS) is 15.1. The molecule has 0 aliphatic carbocycles. The van der Waals surface area contributed by atoms with Crippen molar-refractivity contribution in [3.05, 3.63) is 28.8 Å². The Morgan fingerprint density at radius 2 is 1.81 bits per heavy atom. The van der Waals surface area contributed by atoms with Gasteiger partial charge in [0.2, 0.25) is 17.7 Å². The number of aromatic hydroxyl groups is 1. The van der Waals surface area contributed by atoms with Crippen LogP contribution in [0.1, 0.15) is 38.4 Å². The molecule has 11 heteroatoms. The molecule has 1 aromatic carbocycles. The van der Waals surface area contributed by atoms with Gasteiger partial charge in [0.1, 0.15) is 17.9 Å². The molecule has 1 rings (SSSR count). The summed E-state index contributed by atoms with van der Waals surface area (Å²) < 4.78 is 0. The first-order valence-corrected chi connectivity index (χ1v) is 10.3. The Morgan fingerprint density at radius 3 is 2.29 bits per heavy atom. The number of nitrogens with two attached hydrogens (primary N) is 2. The summed E-state index contributed by atoms with van der Waals surface area (Å²) in [6.45, 7) is 3.83. The lowest BCUT2D eigenvalue weighted by Crippen LogP contribution is -2.57. The molecule has 1 unspecified atom stereocenters. The van der Waals surface area contributed by atoms with Gasteiger partial charge in [0.15, 0.2) is 0 Å². The standard InChI is InChI=1S/C20H32ClN5O5/c1-10(2)6-14(24-3)19(30)26-17(20(31)25-12(9-22)8-16(23)28)18(29)11-4-5-15(27)13(21)7-11/h4-5,7,10,12,14,17-18,24,27,29H,6,8-9,22H2,1-3H3,(H2,23,28)(H,25,31)(H,26,30)/t12-,14+,17?,18+/m0/s1. The van der Waals surface area contributed by atoms with Gasteiger partial charge in [0, 0.05) is 19.0 Å². The monoisotopic (exact) mass is 457 g/mol. The van der Waals surface area contributed by atoms with Gasteiger partial charge in [-0.25, -0.2) is 0 Å². The molecule has 0 aromatic heterocycles. The number of rotatable bonds is 12. The lowest BCUT2D eigenvalue weighted by Gasteiger charge is -2.28. The fourth-order valence-corrected chi connectivity index (χ4v) is 3.18. The van der Waals surface area contributed by atoms with Crippen molar-refractivity contribution in [3.8, 4) is 5.75 Å². The molecule has 31 heavy (non-hydrogen) atoms. The maximum atomic E-state index is 12.9. The van der Waals surface area contributed by atoms with Crippen molar-refractivity contribution in [1.82, 2.24) is 16.0 Å². The summed E-state index contributed by atoms with van der Waals surface area (Å²) in [5.41, 5.74) is 11.0. The number of benzene rings is 1. The lowest BCUT2D eigenvalue weighted by molar-refractivity contribution is -0.133. The molecule has 1 aromatic rings. The van der Waals surface area contributed by atoms with E-state index in [2.05, 4.69) is 16.0 Å². The molecule has 0 heterocycles. The van der Waals surface area contributed by atoms with E-state index in [-0.39, 0.29) is 35.2 Å². The largest absolute Gasteiger partial charge is 0.506 e. The van der Waals surface area contributed by atoms with Crippen molar-refractivity contribution in [2.24, 2.45) is 17.4 Å². The maximum absolute atomic E-state index is 12.9. The predicted molar refractivity (Wildman–Crippen MR) is 117 cm³/mol. The Balaban J connectivity index is 3.17. The van der Waals surface area contributed by atoms with Crippen molar-refractivity contribution < 1.29 is 24.6 Å². The highest BCUT2D eigenvalue weighted by Gasteiger charge is 2.33. The van der Waals surface area contributed by atoms with Crippen LogP contribution >= 0.6 is 11.6 Å². The third-order valence-corrected chi connectivity index (χ3v) is 4.96. The number of phenolic OH excluding ortho intramolecular Hbond substituents is 1. The zero-order valence-corrected chi connectivity index (χ0v) is 18.6. The Bertz CT molecular complexity index is 776. The highest BCUT2D eigenvalue weighted by atomic mass is 35.5. The van der Waals surface area contributed by atoms with Gasteiger partial charge in [-0.1, -0.05) is 31.5 Å².